The molecule has 0 atom stereocenters. The number of aromatic nitrogens is 2. The third-order valence-electron chi connectivity index (χ3n) is 3.84. The summed E-state index contributed by atoms with van der Waals surface area (Å²) >= 11 is 6.10. The summed E-state index contributed by atoms with van der Waals surface area (Å²) in [6, 6.07) is 10.4. The molecular formula is C17H15ClN4O5S. The summed E-state index contributed by atoms with van der Waals surface area (Å²) in [6.45, 7) is 1.61. The van der Waals surface area contributed by atoms with Gasteiger partial charge in [-0.15, -0.1) is 10.2 Å². The fraction of sp³-hybridized carbons (Fsp3) is 0.118. The van der Waals surface area contributed by atoms with E-state index in [4.69, 9.17) is 16.3 Å². The first kappa shape index (κ1) is 19.8. The van der Waals surface area contributed by atoms with Crippen molar-refractivity contribution in [2.45, 2.75) is 11.8 Å². The number of methoxy groups -OCH3 is 1. The van der Waals surface area contributed by atoms with Gasteiger partial charge in [-0.1, -0.05) is 23.7 Å². The average Bonchev–Trinajstić information content (AvgIpc) is 2.93. The second kappa shape index (κ2) is 7.58. The molecule has 2 aromatic carbocycles. The van der Waals surface area contributed by atoms with Crippen LogP contribution in [-0.4, -0.2) is 29.9 Å². The van der Waals surface area contributed by atoms with Gasteiger partial charge in [0.05, 0.1) is 28.4 Å². The van der Waals surface area contributed by atoms with Gasteiger partial charge >= 0.3 is 0 Å². The Labute approximate surface area is 165 Å². The molecule has 0 spiro atoms. The van der Waals surface area contributed by atoms with Crippen LogP contribution in [0, 0.1) is 6.92 Å². The van der Waals surface area contributed by atoms with Crippen molar-refractivity contribution in [3.05, 3.63) is 63.5 Å². The lowest BCUT2D eigenvalue weighted by atomic mass is 10.3. The zero-order valence-corrected chi connectivity index (χ0v) is 16.3. The van der Waals surface area contributed by atoms with E-state index in [1.165, 1.54) is 13.2 Å². The van der Waals surface area contributed by atoms with Gasteiger partial charge in [-0.05, 0) is 37.3 Å². The molecule has 0 saturated carbocycles. The molecule has 3 aromatic rings. The number of para-hydroxylation sites is 1. The highest BCUT2D eigenvalue weighted by Gasteiger charge is 2.18. The van der Waals surface area contributed by atoms with E-state index in [0.29, 0.717) is 17.1 Å². The Hall–Kier alpha value is -2.95. The number of halogens is 1. The van der Waals surface area contributed by atoms with Crippen LogP contribution in [0.25, 0.3) is 5.69 Å². The second-order valence-corrected chi connectivity index (χ2v) is 7.51. The topological polar surface area (TPSA) is 126 Å². The maximum absolute atomic E-state index is 12.8. The lowest BCUT2D eigenvalue weighted by Crippen LogP contribution is -2.15. The predicted molar refractivity (Wildman–Crippen MR) is 103 cm³/mol. The van der Waals surface area contributed by atoms with Gasteiger partial charge in [-0.3, -0.25) is 14.4 Å². The molecule has 0 aliphatic rings. The monoisotopic (exact) mass is 422 g/mol. The van der Waals surface area contributed by atoms with Crippen LogP contribution in [0.15, 0.2) is 62.4 Å². The van der Waals surface area contributed by atoms with Crippen molar-refractivity contribution in [1.82, 2.24) is 9.78 Å². The van der Waals surface area contributed by atoms with E-state index in [1.807, 2.05) is 0 Å². The van der Waals surface area contributed by atoms with Crippen molar-refractivity contribution < 1.29 is 17.7 Å². The first-order chi connectivity index (χ1) is 13.2. The molecule has 0 bridgehead atoms. The van der Waals surface area contributed by atoms with Crippen LogP contribution in [0.1, 0.15) is 5.69 Å². The van der Waals surface area contributed by atoms with Crippen LogP contribution in [0.2, 0.25) is 5.02 Å². The van der Waals surface area contributed by atoms with Gasteiger partial charge in [-0.25, -0.2) is 4.68 Å². The standard InChI is InChI=1S/C17H15ClN4O5S/c1-10-16(20-19-13-5-3-4-6-15(13)27-2)17(23)22(21-10)14-9-11(28(24,25)26)7-8-12(14)18/h3-9,21H,1-2H3,(H,24,25,26). The molecule has 0 saturated heterocycles. The summed E-state index contributed by atoms with van der Waals surface area (Å²) in [5.41, 5.74) is 0.285. The molecule has 1 heterocycles. The van der Waals surface area contributed by atoms with Crippen molar-refractivity contribution in [1.29, 1.82) is 0 Å². The maximum atomic E-state index is 12.8. The van der Waals surface area contributed by atoms with Gasteiger partial charge in [-0.2, -0.15) is 8.42 Å². The van der Waals surface area contributed by atoms with Crippen LogP contribution in [0.5, 0.6) is 5.75 Å². The molecular weight excluding hydrogens is 408 g/mol. The van der Waals surface area contributed by atoms with Crippen LogP contribution < -0.4 is 10.3 Å². The third kappa shape index (κ3) is 3.84. The molecule has 146 valence electrons. The largest absolute Gasteiger partial charge is 0.494 e. The Kier molecular flexibility index (Phi) is 5.36. The number of H-pyrrole nitrogens is 1. The number of ether oxygens (including phenoxy) is 1. The molecule has 0 unspecified atom stereocenters. The first-order valence-corrected chi connectivity index (χ1v) is 9.68. The van der Waals surface area contributed by atoms with E-state index in [-0.39, 0.29) is 16.4 Å². The molecule has 0 amide bonds. The van der Waals surface area contributed by atoms with E-state index in [0.717, 1.165) is 16.8 Å². The number of aryl methyl sites for hydroxylation is 1. The van der Waals surface area contributed by atoms with E-state index in [9.17, 15) is 17.8 Å². The number of nitrogens with one attached hydrogen (secondary N) is 1. The Balaban J connectivity index is 2.09. The minimum Gasteiger partial charge on any atom is -0.494 e. The molecule has 1 aromatic heterocycles. The summed E-state index contributed by atoms with van der Waals surface area (Å²) in [5, 5.41) is 10.9. The van der Waals surface area contributed by atoms with Crippen LogP contribution in [0.4, 0.5) is 11.4 Å². The van der Waals surface area contributed by atoms with Gasteiger partial charge < -0.3 is 4.74 Å². The number of aromatic amines is 1. The average molecular weight is 423 g/mol. The van der Waals surface area contributed by atoms with Gasteiger partial charge in [0.25, 0.3) is 15.7 Å². The molecule has 0 aliphatic heterocycles. The van der Waals surface area contributed by atoms with E-state index in [2.05, 4.69) is 15.3 Å². The van der Waals surface area contributed by atoms with Crippen LogP contribution >= 0.6 is 11.6 Å². The van der Waals surface area contributed by atoms with Gasteiger partial charge in [0.15, 0.2) is 5.69 Å². The third-order valence-corrected chi connectivity index (χ3v) is 5.01. The van der Waals surface area contributed by atoms with Gasteiger partial charge in [0.2, 0.25) is 0 Å². The smallest absolute Gasteiger partial charge is 0.299 e. The Bertz CT molecular complexity index is 1230. The summed E-state index contributed by atoms with van der Waals surface area (Å²) < 4.78 is 38.2. The highest BCUT2D eigenvalue weighted by Crippen LogP contribution is 2.29. The fourth-order valence-electron chi connectivity index (χ4n) is 2.47. The Morgan fingerprint density at radius 3 is 2.57 bits per heavy atom. The molecule has 11 heteroatoms. The molecule has 28 heavy (non-hydrogen) atoms. The Morgan fingerprint density at radius 2 is 1.89 bits per heavy atom. The number of azo groups is 1. The molecule has 2 N–H and O–H groups in total. The number of hydrogen-bond acceptors (Lipinski definition) is 6. The zero-order chi connectivity index (χ0) is 20.5. The van der Waals surface area contributed by atoms with E-state index >= 15 is 0 Å². The first-order valence-electron chi connectivity index (χ1n) is 7.86. The minimum absolute atomic E-state index is 0.0132. The van der Waals surface area contributed by atoms with Crippen LogP contribution in [-0.2, 0) is 10.1 Å². The van der Waals surface area contributed by atoms with Crippen molar-refractivity contribution in [3.63, 3.8) is 0 Å². The molecule has 9 nitrogen and oxygen atoms in total. The summed E-state index contributed by atoms with van der Waals surface area (Å²) in [5.74, 6) is 0.490. The molecule has 0 radical (unpaired) electrons. The van der Waals surface area contributed by atoms with E-state index in [1.54, 1.807) is 31.2 Å². The van der Waals surface area contributed by atoms with Crippen molar-refractivity contribution in [2.75, 3.05) is 7.11 Å². The molecule has 0 fully saturated rings. The highest BCUT2D eigenvalue weighted by atomic mass is 35.5. The summed E-state index contributed by atoms with van der Waals surface area (Å²) in [7, 11) is -2.97. The van der Waals surface area contributed by atoms with Gasteiger partial charge in [0.1, 0.15) is 11.4 Å². The highest BCUT2D eigenvalue weighted by molar-refractivity contribution is 7.85. The minimum atomic E-state index is -4.46. The maximum Gasteiger partial charge on any atom is 0.299 e. The summed E-state index contributed by atoms with van der Waals surface area (Å²) in [6.07, 6.45) is 0. The SMILES string of the molecule is COc1ccccc1N=Nc1c(C)[nH]n(-c2cc(S(=O)(=O)O)ccc2Cl)c1=O. The van der Waals surface area contributed by atoms with Crippen molar-refractivity contribution in [2.24, 2.45) is 10.2 Å². The predicted octanol–water partition coefficient (Wildman–Crippen LogP) is 3.80. The van der Waals surface area contributed by atoms with Gasteiger partial charge in [0, 0.05) is 0 Å². The zero-order valence-electron chi connectivity index (χ0n) is 14.7. The summed E-state index contributed by atoms with van der Waals surface area (Å²) in [4.78, 5) is 12.4. The fourth-order valence-corrected chi connectivity index (χ4v) is 3.17. The lowest BCUT2D eigenvalue weighted by Gasteiger charge is -2.06. The number of rotatable bonds is 5. The number of nitrogens with zero attached hydrogens (tertiary/aromatic N) is 3. The van der Waals surface area contributed by atoms with E-state index < -0.39 is 20.6 Å². The van der Waals surface area contributed by atoms with Crippen molar-refractivity contribution in [3.8, 4) is 11.4 Å². The normalized spacial score (nSPS) is 11.9. The second-order valence-electron chi connectivity index (χ2n) is 5.69. The van der Waals surface area contributed by atoms with Crippen LogP contribution in [0.3, 0.4) is 0 Å². The number of hydrogen-bond donors (Lipinski definition) is 2. The quantitative estimate of drug-likeness (QED) is 0.477. The number of benzene rings is 2. The Morgan fingerprint density at radius 1 is 1.18 bits per heavy atom. The molecule has 0 aliphatic carbocycles. The molecule has 3 rings (SSSR count). The lowest BCUT2D eigenvalue weighted by molar-refractivity contribution is 0.416. The van der Waals surface area contributed by atoms with Crippen molar-refractivity contribution >= 4 is 33.1 Å².